The normalized spacial score (nSPS) is 11.2. The molecule has 0 saturated carbocycles. The lowest BCUT2D eigenvalue weighted by molar-refractivity contribution is 0.384. The topological polar surface area (TPSA) is 23.5 Å². The maximum atomic E-state index is 10.3. The highest BCUT2D eigenvalue weighted by Gasteiger charge is 2.07. The molecule has 0 aromatic heterocycles. The molecule has 0 heterocycles. The van der Waals surface area contributed by atoms with Gasteiger partial charge in [-0.05, 0) is 32.5 Å². The van der Waals surface area contributed by atoms with Gasteiger partial charge in [0.05, 0.1) is 0 Å². The second-order valence-corrected chi connectivity index (χ2v) is 6.03. The molecule has 0 unspecified atom stereocenters. The van der Waals surface area contributed by atoms with Crippen molar-refractivity contribution in [3.63, 3.8) is 0 Å². The number of nitrogens with zero attached hydrogens (tertiary/aromatic N) is 1. The maximum Gasteiger partial charge on any atom is 0.123 e. The zero-order valence-corrected chi connectivity index (χ0v) is 13.5. The fraction of sp³-hybridized carbons (Fsp3) is 0.667. The summed E-state index contributed by atoms with van der Waals surface area (Å²) >= 11 is 0. The van der Waals surface area contributed by atoms with Gasteiger partial charge in [0.15, 0.2) is 0 Å². The van der Waals surface area contributed by atoms with Crippen LogP contribution in [0.4, 0.5) is 0 Å². The number of hydrogen-bond donors (Lipinski definition) is 1. The first-order chi connectivity index (χ1) is 9.65. The molecule has 0 spiro atoms. The Kier molecular flexibility index (Phi) is 8.36. The summed E-state index contributed by atoms with van der Waals surface area (Å²) in [7, 11) is 4.06. The molecule has 0 saturated heterocycles. The van der Waals surface area contributed by atoms with Gasteiger partial charge in [-0.3, -0.25) is 0 Å². The van der Waals surface area contributed by atoms with Gasteiger partial charge in [-0.1, -0.05) is 63.6 Å². The summed E-state index contributed by atoms with van der Waals surface area (Å²) < 4.78 is 0. The average Bonchev–Trinajstić information content (AvgIpc) is 2.41. The van der Waals surface area contributed by atoms with Crippen molar-refractivity contribution in [1.82, 2.24) is 4.90 Å². The monoisotopic (exact) mass is 277 g/mol. The lowest BCUT2D eigenvalue weighted by Crippen LogP contribution is -2.11. The van der Waals surface area contributed by atoms with Gasteiger partial charge < -0.3 is 10.0 Å². The van der Waals surface area contributed by atoms with Crippen LogP contribution in [0.25, 0.3) is 0 Å². The number of aromatic hydroxyl groups is 1. The Hall–Kier alpha value is -1.02. The lowest BCUT2D eigenvalue weighted by atomic mass is 10.0. The van der Waals surface area contributed by atoms with Gasteiger partial charge in [-0.25, -0.2) is 0 Å². The van der Waals surface area contributed by atoms with Crippen LogP contribution in [0.1, 0.15) is 63.0 Å². The van der Waals surface area contributed by atoms with Gasteiger partial charge in [0.1, 0.15) is 5.75 Å². The standard InChI is InChI=1S/C18H31NO/c1-4-5-6-7-8-9-10-12-16-13-11-14-17(18(16)20)15-19(2)3/h11,13-14,20H,4-10,12,15H2,1-3H3. The predicted molar refractivity (Wildman–Crippen MR) is 87.2 cm³/mol. The van der Waals surface area contributed by atoms with E-state index in [1.807, 2.05) is 20.2 Å². The Morgan fingerprint density at radius 1 is 0.900 bits per heavy atom. The van der Waals surface area contributed by atoms with E-state index < -0.39 is 0 Å². The number of phenolic OH excluding ortho intramolecular Hbond substituents is 1. The van der Waals surface area contributed by atoms with Crippen molar-refractivity contribution in [3.8, 4) is 5.75 Å². The summed E-state index contributed by atoms with van der Waals surface area (Å²) in [6.07, 6.45) is 10.2. The first-order valence-corrected chi connectivity index (χ1v) is 8.09. The van der Waals surface area contributed by atoms with Gasteiger partial charge >= 0.3 is 0 Å². The van der Waals surface area contributed by atoms with Crippen LogP contribution in [0.2, 0.25) is 0 Å². The Balaban J connectivity index is 2.33. The molecule has 1 aromatic rings. The van der Waals surface area contributed by atoms with E-state index in [4.69, 9.17) is 0 Å². The van der Waals surface area contributed by atoms with Gasteiger partial charge in [0.25, 0.3) is 0 Å². The first kappa shape index (κ1) is 17.0. The van der Waals surface area contributed by atoms with E-state index >= 15 is 0 Å². The van der Waals surface area contributed by atoms with Crippen LogP contribution in [0.3, 0.4) is 0 Å². The molecular formula is C18H31NO. The van der Waals surface area contributed by atoms with E-state index in [1.54, 1.807) is 0 Å². The lowest BCUT2D eigenvalue weighted by Gasteiger charge is -2.13. The number of rotatable bonds is 10. The summed E-state index contributed by atoms with van der Waals surface area (Å²) in [5.41, 5.74) is 2.15. The van der Waals surface area contributed by atoms with Crippen molar-refractivity contribution in [2.45, 2.75) is 64.8 Å². The molecule has 20 heavy (non-hydrogen) atoms. The highest BCUT2D eigenvalue weighted by molar-refractivity contribution is 5.40. The molecule has 0 bridgehead atoms. The maximum absolute atomic E-state index is 10.3. The quantitative estimate of drug-likeness (QED) is 0.624. The molecule has 114 valence electrons. The number of phenols is 1. The summed E-state index contributed by atoms with van der Waals surface area (Å²) in [5, 5.41) is 10.3. The molecule has 0 aliphatic heterocycles. The van der Waals surface area contributed by atoms with Gasteiger partial charge in [0, 0.05) is 12.1 Å². The second-order valence-electron chi connectivity index (χ2n) is 6.03. The minimum Gasteiger partial charge on any atom is -0.507 e. The summed E-state index contributed by atoms with van der Waals surface area (Å²) in [6, 6.07) is 6.14. The molecule has 2 heteroatoms. The van der Waals surface area contributed by atoms with Gasteiger partial charge in [-0.15, -0.1) is 0 Å². The highest BCUT2D eigenvalue weighted by atomic mass is 16.3. The van der Waals surface area contributed by atoms with Crippen LogP contribution in [-0.4, -0.2) is 24.1 Å². The fourth-order valence-corrected chi connectivity index (χ4v) is 2.59. The van der Waals surface area contributed by atoms with Crippen molar-refractivity contribution in [3.05, 3.63) is 29.3 Å². The zero-order chi connectivity index (χ0) is 14.8. The molecule has 1 rings (SSSR count). The molecule has 0 fully saturated rings. The Bertz CT molecular complexity index is 374. The Labute approximate surface area is 124 Å². The highest BCUT2D eigenvalue weighted by Crippen LogP contribution is 2.25. The van der Waals surface area contributed by atoms with Crippen molar-refractivity contribution < 1.29 is 5.11 Å². The van der Waals surface area contributed by atoms with Crippen molar-refractivity contribution >= 4 is 0 Å². The minimum absolute atomic E-state index is 0.507. The number of para-hydroxylation sites is 1. The third kappa shape index (κ3) is 6.42. The number of benzene rings is 1. The zero-order valence-electron chi connectivity index (χ0n) is 13.5. The third-order valence-corrected chi connectivity index (χ3v) is 3.74. The molecule has 0 aliphatic carbocycles. The number of unbranched alkanes of at least 4 members (excludes halogenated alkanes) is 6. The summed E-state index contributed by atoms with van der Waals surface area (Å²) in [6.45, 7) is 3.06. The van der Waals surface area contributed by atoms with E-state index in [-0.39, 0.29) is 0 Å². The Morgan fingerprint density at radius 2 is 1.50 bits per heavy atom. The van der Waals surface area contributed by atoms with Gasteiger partial charge in [-0.2, -0.15) is 0 Å². The molecule has 0 aliphatic rings. The average molecular weight is 277 g/mol. The van der Waals surface area contributed by atoms with E-state index in [0.717, 1.165) is 24.1 Å². The smallest absolute Gasteiger partial charge is 0.123 e. The molecular weight excluding hydrogens is 246 g/mol. The third-order valence-electron chi connectivity index (χ3n) is 3.74. The molecule has 0 radical (unpaired) electrons. The summed E-state index contributed by atoms with van der Waals surface area (Å²) in [5.74, 6) is 0.507. The number of hydrogen-bond acceptors (Lipinski definition) is 2. The fourth-order valence-electron chi connectivity index (χ4n) is 2.59. The number of aryl methyl sites for hydroxylation is 1. The van der Waals surface area contributed by atoms with Crippen molar-refractivity contribution in [1.29, 1.82) is 0 Å². The molecule has 1 aromatic carbocycles. The van der Waals surface area contributed by atoms with E-state index in [1.165, 1.54) is 44.9 Å². The van der Waals surface area contributed by atoms with Crippen LogP contribution in [-0.2, 0) is 13.0 Å². The minimum atomic E-state index is 0.507. The van der Waals surface area contributed by atoms with E-state index in [9.17, 15) is 5.11 Å². The summed E-state index contributed by atoms with van der Waals surface area (Å²) in [4.78, 5) is 2.09. The predicted octanol–water partition coefficient (Wildman–Crippen LogP) is 4.75. The second kappa shape index (κ2) is 9.82. The van der Waals surface area contributed by atoms with Crippen LogP contribution in [0.5, 0.6) is 5.75 Å². The molecule has 0 atom stereocenters. The van der Waals surface area contributed by atoms with Crippen LogP contribution in [0.15, 0.2) is 18.2 Å². The largest absolute Gasteiger partial charge is 0.507 e. The SMILES string of the molecule is CCCCCCCCCc1cccc(CN(C)C)c1O. The van der Waals surface area contributed by atoms with Crippen molar-refractivity contribution in [2.24, 2.45) is 0 Å². The Morgan fingerprint density at radius 3 is 2.15 bits per heavy atom. The van der Waals surface area contributed by atoms with Crippen LogP contribution in [0, 0.1) is 0 Å². The van der Waals surface area contributed by atoms with E-state index in [2.05, 4.69) is 24.0 Å². The van der Waals surface area contributed by atoms with Crippen molar-refractivity contribution in [2.75, 3.05) is 14.1 Å². The first-order valence-electron chi connectivity index (χ1n) is 8.09. The van der Waals surface area contributed by atoms with Crippen LogP contribution >= 0.6 is 0 Å². The molecule has 2 nitrogen and oxygen atoms in total. The molecule has 0 amide bonds. The molecule has 1 N–H and O–H groups in total. The van der Waals surface area contributed by atoms with E-state index in [0.29, 0.717) is 5.75 Å². The van der Waals surface area contributed by atoms with Gasteiger partial charge in [0.2, 0.25) is 0 Å². The van der Waals surface area contributed by atoms with Crippen LogP contribution < -0.4 is 0 Å².